The van der Waals surface area contributed by atoms with E-state index in [2.05, 4.69) is 11.1 Å². The summed E-state index contributed by atoms with van der Waals surface area (Å²) < 4.78 is 2.88. The van der Waals surface area contributed by atoms with E-state index in [1.54, 1.807) is 17.5 Å². The number of pyridine rings is 2. The summed E-state index contributed by atoms with van der Waals surface area (Å²) in [6, 6.07) is 15.7. The summed E-state index contributed by atoms with van der Waals surface area (Å²) in [7, 11) is 0. The number of fused-ring (bicyclic) bond motifs is 3. The van der Waals surface area contributed by atoms with E-state index in [9.17, 15) is 4.79 Å². The Hall–Kier alpha value is -2.46. The summed E-state index contributed by atoms with van der Waals surface area (Å²) in [4.78, 5) is 17.1. The largest absolute Gasteiger partial charge is 0.302 e. The van der Waals surface area contributed by atoms with Crippen LogP contribution in [0.3, 0.4) is 0 Å². The molecule has 3 aromatic heterocycles. The van der Waals surface area contributed by atoms with E-state index in [4.69, 9.17) is 0 Å². The zero-order chi connectivity index (χ0) is 14.2. The molecule has 0 radical (unpaired) electrons. The molecule has 0 saturated heterocycles. The van der Waals surface area contributed by atoms with E-state index in [-0.39, 0.29) is 5.56 Å². The molecule has 4 heteroatoms. The number of hydrogen-bond donors (Lipinski definition) is 0. The van der Waals surface area contributed by atoms with Crippen LogP contribution in [0.1, 0.15) is 5.69 Å². The molecule has 0 aliphatic rings. The Morgan fingerprint density at radius 3 is 2.71 bits per heavy atom. The van der Waals surface area contributed by atoms with Crippen molar-refractivity contribution in [3.63, 3.8) is 0 Å². The Morgan fingerprint density at radius 2 is 1.86 bits per heavy atom. The lowest BCUT2D eigenvalue weighted by atomic mass is 10.1. The van der Waals surface area contributed by atoms with Gasteiger partial charge < -0.3 is 4.57 Å². The summed E-state index contributed by atoms with van der Waals surface area (Å²) in [6.45, 7) is 0.492. The molecule has 1 aromatic carbocycles. The fourth-order valence-corrected chi connectivity index (χ4v) is 3.57. The molecule has 0 unspecified atom stereocenters. The third-order valence-electron chi connectivity index (χ3n) is 3.63. The third kappa shape index (κ3) is 1.96. The van der Waals surface area contributed by atoms with Crippen molar-refractivity contribution >= 4 is 32.3 Å². The highest BCUT2D eigenvalue weighted by molar-refractivity contribution is 7.18. The van der Waals surface area contributed by atoms with E-state index in [1.807, 2.05) is 52.4 Å². The van der Waals surface area contributed by atoms with Crippen LogP contribution in [0, 0.1) is 0 Å². The van der Waals surface area contributed by atoms with Crippen molar-refractivity contribution in [3.8, 4) is 0 Å². The first-order valence-electron chi connectivity index (χ1n) is 6.73. The summed E-state index contributed by atoms with van der Waals surface area (Å²) in [5, 5.41) is 3.89. The van der Waals surface area contributed by atoms with Crippen molar-refractivity contribution in [1.29, 1.82) is 0 Å². The molecule has 3 heterocycles. The summed E-state index contributed by atoms with van der Waals surface area (Å²) in [5.74, 6) is 0. The fraction of sp³-hybridized carbons (Fsp3) is 0.0588. The van der Waals surface area contributed by atoms with Crippen LogP contribution in [0.25, 0.3) is 21.0 Å². The molecule has 0 aliphatic heterocycles. The first-order chi connectivity index (χ1) is 10.3. The van der Waals surface area contributed by atoms with Gasteiger partial charge in [0, 0.05) is 16.3 Å². The smallest absolute Gasteiger partial charge is 0.260 e. The summed E-state index contributed by atoms with van der Waals surface area (Å²) in [6.07, 6.45) is 1.76. The third-order valence-corrected chi connectivity index (χ3v) is 4.57. The van der Waals surface area contributed by atoms with Gasteiger partial charge in [0.2, 0.25) is 0 Å². The van der Waals surface area contributed by atoms with Crippen LogP contribution in [0.2, 0.25) is 0 Å². The topological polar surface area (TPSA) is 34.9 Å². The van der Waals surface area contributed by atoms with E-state index in [1.165, 1.54) is 0 Å². The van der Waals surface area contributed by atoms with Gasteiger partial charge in [-0.15, -0.1) is 11.3 Å². The second-order valence-corrected chi connectivity index (χ2v) is 5.81. The maximum Gasteiger partial charge on any atom is 0.260 e. The molecule has 4 rings (SSSR count). The minimum absolute atomic E-state index is 0.0515. The number of thiophene rings is 1. The van der Waals surface area contributed by atoms with E-state index in [0.717, 1.165) is 26.7 Å². The number of para-hydroxylation sites is 1. The quantitative estimate of drug-likeness (QED) is 0.565. The Morgan fingerprint density at radius 1 is 1.00 bits per heavy atom. The molecule has 102 valence electrons. The molecule has 0 N–H and O–H groups in total. The van der Waals surface area contributed by atoms with Crippen LogP contribution in [0.5, 0.6) is 0 Å². The lowest BCUT2D eigenvalue weighted by molar-refractivity contribution is 0.778. The Balaban J connectivity index is 2.06. The second-order valence-electron chi connectivity index (χ2n) is 4.89. The van der Waals surface area contributed by atoms with Crippen LogP contribution in [0.4, 0.5) is 0 Å². The predicted molar refractivity (Wildman–Crippen MR) is 86.9 cm³/mol. The van der Waals surface area contributed by atoms with Crippen LogP contribution < -0.4 is 5.56 Å². The monoisotopic (exact) mass is 292 g/mol. The number of nitrogens with zero attached hydrogens (tertiary/aromatic N) is 2. The van der Waals surface area contributed by atoms with Crippen LogP contribution >= 0.6 is 11.3 Å². The molecule has 0 aliphatic carbocycles. The zero-order valence-electron chi connectivity index (χ0n) is 11.2. The molecule has 21 heavy (non-hydrogen) atoms. The lowest BCUT2D eigenvalue weighted by Gasteiger charge is -2.11. The highest BCUT2D eigenvalue weighted by Gasteiger charge is 2.11. The predicted octanol–water partition coefficient (Wildman–Crippen LogP) is 3.66. The Kier molecular flexibility index (Phi) is 2.82. The van der Waals surface area contributed by atoms with Crippen molar-refractivity contribution in [3.05, 3.63) is 76.2 Å². The van der Waals surface area contributed by atoms with E-state index < -0.39 is 0 Å². The van der Waals surface area contributed by atoms with E-state index >= 15 is 0 Å². The van der Waals surface area contributed by atoms with Gasteiger partial charge in [-0.25, -0.2) is 0 Å². The average molecular weight is 292 g/mol. The van der Waals surface area contributed by atoms with Gasteiger partial charge >= 0.3 is 0 Å². The molecule has 0 fully saturated rings. The minimum atomic E-state index is 0.0515. The van der Waals surface area contributed by atoms with Gasteiger partial charge in [0.15, 0.2) is 0 Å². The molecular formula is C17H12N2OS. The molecule has 0 spiro atoms. The van der Waals surface area contributed by atoms with Crippen molar-refractivity contribution in [2.45, 2.75) is 6.54 Å². The zero-order valence-corrected chi connectivity index (χ0v) is 12.0. The minimum Gasteiger partial charge on any atom is -0.302 e. The highest BCUT2D eigenvalue weighted by atomic mass is 32.1. The Labute approximate surface area is 125 Å². The lowest BCUT2D eigenvalue weighted by Crippen LogP contribution is -2.21. The molecule has 4 aromatic rings. The number of aromatic nitrogens is 2. The first-order valence-corrected chi connectivity index (χ1v) is 7.61. The fourth-order valence-electron chi connectivity index (χ4n) is 2.65. The first kappa shape index (κ1) is 12.3. The maximum absolute atomic E-state index is 12.7. The normalized spacial score (nSPS) is 11.2. The van der Waals surface area contributed by atoms with Crippen molar-refractivity contribution in [1.82, 2.24) is 9.55 Å². The van der Waals surface area contributed by atoms with Gasteiger partial charge in [-0.05, 0) is 29.6 Å². The summed E-state index contributed by atoms with van der Waals surface area (Å²) in [5.41, 5.74) is 1.90. The highest BCUT2D eigenvalue weighted by Crippen LogP contribution is 2.27. The maximum atomic E-state index is 12.7. The molecule has 0 atom stereocenters. The van der Waals surface area contributed by atoms with Crippen LogP contribution in [-0.4, -0.2) is 9.55 Å². The van der Waals surface area contributed by atoms with Gasteiger partial charge in [0.25, 0.3) is 5.56 Å². The molecule has 0 amide bonds. The second kappa shape index (κ2) is 4.82. The molecular weight excluding hydrogens is 280 g/mol. The standard InChI is InChI=1S/C17H12N2OS/c20-17-14-8-10-21-16(14)13-6-1-2-7-15(13)19(17)11-12-5-3-4-9-18-12/h1-10H,11H2. The van der Waals surface area contributed by atoms with Crippen molar-refractivity contribution < 1.29 is 0 Å². The van der Waals surface area contributed by atoms with Gasteiger partial charge in [-0.3, -0.25) is 9.78 Å². The van der Waals surface area contributed by atoms with E-state index in [0.29, 0.717) is 6.54 Å². The van der Waals surface area contributed by atoms with Crippen molar-refractivity contribution in [2.24, 2.45) is 0 Å². The number of rotatable bonds is 2. The van der Waals surface area contributed by atoms with Crippen molar-refractivity contribution in [2.75, 3.05) is 0 Å². The Bertz CT molecular complexity index is 986. The number of hydrogen-bond acceptors (Lipinski definition) is 3. The van der Waals surface area contributed by atoms with Gasteiger partial charge in [-0.1, -0.05) is 24.3 Å². The number of benzene rings is 1. The SMILES string of the molecule is O=c1c2ccsc2c2ccccc2n1Cc1ccccn1. The molecule has 0 saturated carbocycles. The van der Waals surface area contributed by atoms with Crippen LogP contribution in [-0.2, 0) is 6.54 Å². The molecule has 3 nitrogen and oxygen atoms in total. The average Bonchev–Trinajstić information content (AvgIpc) is 3.02. The van der Waals surface area contributed by atoms with Gasteiger partial charge in [0.1, 0.15) is 0 Å². The van der Waals surface area contributed by atoms with Gasteiger partial charge in [-0.2, -0.15) is 0 Å². The summed E-state index contributed by atoms with van der Waals surface area (Å²) >= 11 is 1.62. The molecule has 0 bridgehead atoms. The van der Waals surface area contributed by atoms with Gasteiger partial charge in [0.05, 0.1) is 23.1 Å². The van der Waals surface area contributed by atoms with Crippen LogP contribution in [0.15, 0.2) is 64.9 Å².